The van der Waals surface area contributed by atoms with Crippen molar-refractivity contribution in [1.29, 1.82) is 0 Å². The topological polar surface area (TPSA) is 24.9 Å². The van der Waals surface area contributed by atoms with Gasteiger partial charge in [-0.25, -0.2) is 4.98 Å². The second kappa shape index (κ2) is 5.52. The Morgan fingerprint density at radius 2 is 2.00 bits per heavy atom. The maximum atomic E-state index is 6.15. The summed E-state index contributed by atoms with van der Waals surface area (Å²) in [5, 5.41) is 4.13. The van der Waals surface area contributed by atoms with Crippen LogP contribution in [0.1, 0.15) is 18.5 Å². The predicted molar refractivity (Wildman–Crippen MR) is 75.4 cm³/mol. The molecule has 17 heavy (non-hydrogen) atoms. The number of pyridine rings is 1. The summed E-state index contributed by atoms with van der Waals surface area (Å²) < 4.78 is 0.827. The maximum absolute atomic E-state index is 6.15. The molecule has 1 aromatic heterocycles. The largest absolute Gasteiger partial charge is 0.377 e. The lowest BCUT2D eigenvalue weighted by atomic mass is 10.1. The van der Waals surface area contributed by atoms with E-state index in [0.29, 0.717) is 0 Å². The highest BCUT2D eigenvalue weighted by Crippen LogP contribution is 2.25. The van der Waals surface area contributed by atoms with Crippen molar-refractivity contribution in [2.24, 2.45) is 0 Å². The average molecular weight is 312 g/mol. The molecular weight excluding hydrogens is 300 g/mol. The molecule has 0 aliphatic rings. The van der Waals surface area contributed by atoms with Gasteiger partial charge in [-0.05, 0) is 46.6 Å². The van der Waals surface area contributed by atoms with Crippen LogP contribution in [-0.4, -0.2) is 4.98 Å². The van der Waals surface area contributed by atoms with Crippen molar-refractivity contribution in [3.8, 4) is 0 Å². The van der Waals surface area contributed by atoms with Gasteiger partial charge in [0.25, 0.3) is 0 Å². The zero-order chi connectivity index (χ0) is 12.3. The average Bonchev–Trinajstić information content (AvgIpc) is 2.32. The number of rotatable bonds is 3. The van der Waals surface area contributed by atoms with E-state index in [4.69, 9.17) is 11.6 Å². The molecule has 0 saturated carbocycles. The summed E-state index contributed by atoms with van der Waals surface area (Å²) in [4.78, 5) is 4.17. The molecule has 1 atom stereocenters. The fourth-order valence-corrected chi connectivity index (χ4v) is 2.15. The van der Waals surface area contributed by atoms with Crippen molar-refractivity contribution in [3.05, 3.63) is 57.8 Å². The van der Waals surface area contributed by atoms with Crippen molar-refractivity contribution in [3.63, 3.8) is 0 Å². The van der Waals surface area contributed by atoms with Gasteiger partial charge in [0.2, 0.25) is 0 Å². The van der Waals surface area contributed by atoms with Gasteiger partial charge in [0.15, 0.2) is 0 Å². The molecule has 1 unspecified atom stereocenters. The number of halogens is 2. The van der Waals surface area contributed by atoms with Crippen LogP contribution in [0.4, 0.5) is 5.69 Å². The van der Waals surface area contributed by atoms with E-state index in [2.05, 4.69) is 33.2 Å². The Hall–Kier alpha value is -1.06. The third-order valence-electron chi connectivity index (χ3n) is 2.48. The molecule has 2 rings (SSSR count). The highest BCUT2D eigenvalue weighted by atomic mass is 79.9. The summed E-state index contributed by atoms with van der Waals surface area (Å²) in [5.41, 5.74) is 2.05. The Balaban J connectivity index is 2.14. The Morgan fingerprint density at radius 3 is 2.65 bits per heavy atom. The molecule has 0 saturated heterocycles. The zero-order valence-corrected chi connectivity index (χ0v) is 11.7. The van der Waals surface area contributed by atoms with E-state index in [1.54, 1.807) is 6.20 Å². The first-order valence-electron chi connectivity index (χ1n) is 5.29. The van der Waals surface area contributed by atoms with Gasteiger partial charge < -0.3 is 5.32 Å². The molecule has 0 aliphatic carbocycles. The minimum absolute atomic E-state index is 0.145. The summed E-state index contributed by atoms with van der Waals surface area (Å²) in [6.07, 6.45) is 1.79. The molecule has 0 bridgehead atoms. The van der Waals surface area contributed by atoms with E-state index in [9.17, 15) is 0 Å². The number of nitrogens with one attached hydrogen (secondary N) is 1. The van der Waals surface area contributed by atoms with Crippen molar-refractivity contribution in [1.82, 2.24) is 4.98 Å². The number of nitrogens with zero attached hydrogens (tertiary/aromatic N) is 1. The Kier molecular flexibility index (Phi) is 4.02. The van der Waals surface area contributed by atoms with Crippen LogP contribution in [0.2, 0.25) is 5.02 Å². The maximum Gasteiger partial charge on any atom is 0.106 e. The molecule has 2 aromatic rings. The molecule has 0 fully saturated rings. The molecule has 4 heteroatoms. The van der Waals surface area contributed by atoms with Gasteiger partial charge >= 0.3 is 0 Å². The molecule has 2 nitrogen and oxygen atoms in total. The Labute approximate surface area is 114 Å². The summed E-state index contributed by atoms with van der Waals surface area (Å²) in [7, 11) is 0. The first-order chi connectivity index (χ1) is 8.16. The van der Waals surface area contributed by atoms with Gasteiger partial charge in [-0.15, -0.1) is 0 Å². The fourth-order valence-electron chi connectivity index (χ4n) is 1.62. The lowest BCUT2D eigenvalue weighted by molar-refractivity contribution is 0.883. The Morgan fingerprint density at radius 1 is 1.24 bits per heavy atom. The summed E-state index contributed by atoms with van der Waals surface area (Å²) >= 11 is 9.46. The van der Waals surface area contributed by atoms with Crippen LogP contribution in [-0.2, 0) is 0 Å². The van der Waals surface area contributed by atoms with Gasteiger partial charge in [0, 0.05) is 5.02 Å². The number of hydrogen-bond acceptors (Lipinski definition) is 2. The highest BCUT2D eigenvalue weighted by molar-refractivity contribution is 9.10. The van der Waals surface area contributed by atoms with E-state index in [1.165, 1.54) is 0 Å². The van der Waals surface area contributed by atoms with Crippen molar-refractivity contribution in [2.45, 2.75) is 13.0 Å². The summed E-state index contributed by atoms with van der Waals surface area (Å²) in [6, 6.07) is 11.9. The summed E-state index contributed by atoms with van der Waals surface area (Å²) in [6.45, 7) is 2.07. The lowest BCUT2D eigenvalue weighted by Crippen LogP contribution is -2.07. The minimum Gasteiger partial charge on any atom is -0.377 e. The quantitative estimate of drug-likeness (QED) is 0.833. The van der Waals surface area contributed by atoms with Gasteiger partial charge in [-0.3, -0.25) is 0 Å². The molecule has 0 amide bonds. The number of hydrogen-bond donors (Lipinski definition) is 1. The van der Waals surface area contributed by atoms with Crippen molar-refractivity contribution < 1.29 is 0 Å². The van der Waals surface area contributed by atoms with E-state index in [-0.39, 0.29) is 6.04 Å². The first-order valence-corrected chi connectivity index (χ1v) is 6.46. The monoisotopic (exact) mass is 310 g/mol. The molecule has 0 spiro atoms. The van der Waals surface area contributed by atoms with Crippen molar-refractivity contribution in [2.75, 3.05) is 5.32 Å². The third-order valence-corrected chi connectivity index (χ3v) is 3.30. The van der Waals surface area contributed by atoms with Crippen LogP contribution in [0.3, 0.4) is 0 Å². The predicted octanol–water partition coefficient (Wildman–Crippen LogP) is 4.67. The van der Waals surface area contributed by atoms with E-state index in [0.717, 1.165) is 20.9 Å². The first kappa shape index (κ1) is 12.4. The van der Waals surface area contributed by atoms with Gasteiger partial charge in [-0.1, -0.05) is 29.8 Å². The highest BCUT2D eigenvalue weighted by Gasteiger charge is 2.08. The third kappa shape index (κ3) is 3.20. The normalized spacial score (nSPS) is 12.2. The van der Waals surface area contributed by atoms with E-state index in [1.807, 2.05) is 36.4 Å². The number of benzene rings is 1. The number of anilines is 1. The zero-order valence-electron chi connectivity index (χ0n) is 9.32. The molecule has 1 heterocycles. The van der Waals surface area contributed by atoms with Crippen LogP contribution in [0.5, 0.6) is 0 Å². The van der Waals surface area contributed by atoms with E-state index < -0.39 is 0 Å². The molecule has 1 N–H and O–H groups in total. The molecule has 0 aliphatic heterocycles. The van der Waals surface area contributed by atoms with Crippen molar-refractivity contribution >= 4 is 33.2 Å². The van der Waals surface area contributed by atoms with Crippen LogP contribution >= 0.6 is 27.5 Å². The second-order valence-electron chi connectivity index (χ2n) is 3.76. The summed E-state index contributed by atoms with van der Waals surface area (Å²) in [5.74, 6) is 0. The van der Waals surface area contributed by atoms with E-state index >= 15 is 0 Å². The molecule has 88 valence electrons. The molecular formula is C13H12BrClN2. The number of aromatic nitrogens is 1. The van der Waals surface area contributed by atoms with Crippen LogP contribution in [0.15, 0.2) is 47.2 Å². The SMILES string of the molecule is CC(Nc1ccc(Br)nc1)c1ccccc1Cl. The van der Waals surface area contributed by atoms with Crippen LogP contribution in [0.25, 0.3) is 0 Å². The van der Waals surface area contributed by atoms with Gasteiger partial charge in [-0.2, -0.15) is 0 Å². The lowest BCUT2D eigenvalue weighted by Gasteiger charge is -2.16. The van der Waals surface area contributed by atoms with Gasteiger partial charge in [0.1, 0.15) is 4.60 Å². The van der Waals surface area contributed by atoms with Crippen LogP contribution < -0.4 is 5.32 Å². The molecule has 0 radical (unpaired) electrons. The standard InChI is InChI=1S/C13H12BrClN2/c1-9(11-4-2-3-5-12(11)15)17-10-6-7-13(14)16-8-10/h2-9,17H,1H3. The van der Waals surface area contributed by atoms with Gasteiger partial charge in [0.05, 0.1) is 17.9 Å². The smallest absolute Gasteiger partial charge is 0.106 e. The second-order valence-corrected chi connectivity index (χ2v) is 4.98. The molecule has 1 aromatic carbocycles. The fraction of sp³-hybridized carbons (Fsp3) is 0.154. The Bertz CT molecular complexity index is 499. The minimum atomic E-state index is 0.145. The van der Waals surface area contributed by atoms with Crippen LogP contribution in [0, 0.1) is 0 Å².